The van der Waals surface area contributed by atoms with Crippen molar-refractivity contribution in [2.24, 2.45) is 0 Å². The normalized spacial score (nSPS) is 10.2. The third-order valence-electron chi connectivity index (χ3n) is 3.37. The molecule has 0 aliphatic heterocycles. The Morgan fingerprint density at radius 3 is 2.75 bits per heavy atom. The number of hydrogen-bond acceptors (Lipinski definition) is 6. The minimum atomic E-state index is -0.646. The average Bonchev–Trinajstić information content (AvgIpc) is 2.58. The Hall–Kier alpha value is -2.96. The van der Waals surface area contributed by atoms with E-state index >= 15 is 0 Å². The zero-order valence-corrected chi connectivity index (χ0v) is 13.5. The molecular formula is C17H18N2O5. The minimum absolute atomic E-state index is 0.0420. The Bertz CT molecular complexity index is 746. The van der Waals surface area contributed by atoms with Gasteiger partial charge in [0, 0.05) is 23.5 Å². The van der Waals surface area contributed by atoms with Crippen LogP contribution in [0.3, 0.4) is 0 Å². The lowest BCUT2D eigenvalue weighted by molar-refractivity contribution is -0.384. The quantitative estimate of drug-likeness (QED) is 0.335. The van der Waals surface area contributed by atoms with Crippen molar-refractivity contribution in [2.45, 2.75) is 19.8 Å². The van der Waals surface area contributed by atoms with Crippen LogP contribution in [0, 0.1) is 17.0 Å². The molecule has 7 nitrogen and oxygen atoms in total. The molecule has 0 saturated heterocycles. The maximum Gasteiger partial charge on any atom is 0.342 e. The van der Waals surface area contributed by atoms with Crippen LogP contribution in [0.5, 0.6) is 5.75 Å². The number of nitrogens with zero attached hydrogens (tertiary/aromatic N) is 2. The summed E-state index contributed by atoms with van der Waals surface area (Å²) in [6.07, 6.45) is 1.29. The molecule has 24 heavy (non-hydrogen) atoms. The van der Waals surface area contributed by atoms with E-state index < -0.39 is 10.9 Å². The molecule has 2 aromatic rings. The number of nitro groups is 1. The lowest BCUT2D eigenvalue weighted by Crippen LogP contribution is -2.09. The fourth-order valence-corrected chi connectivity index (χ4v) is 2.20. The predicted molar refractivity (Wildman–Crippen MR) is 87.2 cm³/mol. The van der Waals surface area contributed by atoms with Gasteiger partial charge in [0.05, 0.1) is 18.6 Å². The van der Waals surface area contributed by atoms with E-state index in [1.54, 1.807) is 0 Å². The van der Waals surface area contributed by atoms with Crippen LogP contribution in [-0.4, -0.2) is 29.6 Å². The first-order valence-corrected chi connectivity index (χ1v) is 7.43. The van der Waals surface area contributed by atoms with Crippen molar-refractivity contribution in [3.05, 3.63) is 63.5 Å². The highest BCUT2D eigenvalue weighted by molar-refractivity contribution is 5.93. The molecule has 0 aliphatic rings. The first-order chi connectivity index (χ1) is 11.5. The van der Waals surface area contributed by atoms with Crippen LogP contribution in [0.15, 0.2) is 36.4 Å². The summed E-state index contributed by atoms with van der Waals surface area (Å²) >= 11 is 0. The molecule has 7 heteroatoms. The predicted octanol–water partition coefficient (Wildman–Crippen LogP) is 3.10. The zero-order chi connectivity index (χ0) is 17.5. The molecule has 0 aliphatic carbocycles. The van der Waals surface area contributed by atoms with Crippen molar-refractivity contribution in [1.29, 1.82) is 0 Å². The fraction of sp³-hybridized carbons (Fsp3) is 0.294. The van der Waals surface area contributed by atoms with E-state index in [1.165, 1.54) is 19.2 Å². The average molecular weight is 330 g/mol. The molecule has 0 bridgehead atoms. The molecule has 0 N–H and O–H groups in total. The van der Waals surface area contributed by atoms with E-state index in [-0.39, 0.29) is 23.6 Å². The van der Waals surface area contributed by atoms with E-state index in [0.29, 0.717) is 12.8 Å². The van der Waals surface area contributed by atoms with Crippen LogP contribution in [-0.2, 0) is 11.2 Å². The van der Waals surface area contributed by atoms with Gasteiger partial charge in [-0.05, 0) is 38.0 Å². The van der Waals surface area contributed by atoms with Crippen molar-refractivity contribution in [3.63, 3.8) is 0 Å². The number of esters is 1. The highest BCUT2D eigenvalue weighted by atomic mass is 16.6. The molecule has 1 aromatic carbocycles. The first kappa shape index (κ1) is 17.4. The Morgan fingerprint density at radius 2 is 2.08 bits per heavy atom. The molecule has 1 aromatic heterocycles. The van der Waals surface area contributed by atoms with Gasteiger partial charge in [-0.1, -0.05) is 6.07 Å². The largest absolute Gasteiger partial charge is 0.496 e. The molecule has 0 saturated carbocycles. The van der Waals surface area contributed by atoms with Crippen molar-refractivity contribution < 1.29 is 19.2 Å². The standard InChI is InChI=1S/C17H18N2O5/c1-12-5-3-6-13(18-12)7-4-10-24-17(20)15-11-14(19(21)22)8-9-16(15)23-2/h3,5-6,8-9,11H,4,7,10H2,1-2H3. The number of hydrogen-bond donors (Lipinski definition) is 0. The molecule has 2 rings (SSSR count). The monoisotopic (exact) mass is 330 g/mol. The Labute approximate surface area is 139 Å². The number of ether oxygens (including phenoxy) is 2. The Balaban J connectivity index is 1.94. The number of pyridine rings is 1. The Kier molecular flexibility index (Phi) is 5.83. The number of rotatable bonds is 7. The van der Waals surface area contributed by atoms with Gasteiger partial charge in [-0.2, -0.15) is 0 Å². The van der Waals surface area contributed by atoms with Crippen molar-refractivity contribution in [1.82, 2.24) is 4.98 Å². The van der Waals surface area contributed by atoms with Gasteiger partial charge in [-0.3, -0.25) is 15.1 Å². The summed E-state index contributed by atoms with van der Waals surface area (Å²) in [5.41, 5.74) is 1.72. The topological polar surface area (TPSA) is 91.6 Å². The van der Waals surface area contributed by atoms with Crippen LogP contribution >= 0.6 is 0 Å². The van der Waals surface area contributed by atoms with Gasteiger partial charge >= 0.3 is 5.97 Å². The maximum absolute atomic E-state index is 12.1. The second-order valence-electron chi connectivity index (χ2n) is 5.15. The lowest BCUT2D eigenvalue weighted by Gasteiger charge is -2.08. The number of carbonyl (C=O) groups is 1. The van der Waals surface area contributed by atoms with E-state index in [2.05, 4.69) is 4.98 Å². The molecular weight excluding hydrogens is 312 g/mol. The second-order valence-corrected chi connectivity index (χ2v) is 5.15. The lowest BCUT2D eigenvalue weighted by atomic mass is 10.1. The summed E-state index contributed by atoms with van der Waals surface area (Å²) in [6.45, 7) is 2.11. The third-order valence-corrected chi connectivity index (χ3v) is 3.37. The van der Waals surface area contributed by atoms with E-state index in [9.17, 15) is 14.9 Å². The Morgan fingerprint density at radius 1 is 1.29 bits per heavy atom. The van der Waals surface area contributed by atoms with Crippen molar-refractivity contribution in [3.8, 4) is 5.75 Å². The number of aryl methyl sites for hydroxylation is 2. The van der Waals surface area contributed by atoms with Crippen LogP contribution in [0.1, 0.15) is 28.2 Å². The van der Waals surface area contributed by atoms with Gasteiger partial charge < -0.3 is 9.47 Å². The van der Waals surface area contributed by atoms with Gasteiger partial charge in [0.1, 0.15) is 11.3 Å². The molecule has 126 valence electrons. The van der Waals surface area contributed by atoms with Crippen LogP contribution in [0.25, 0.3) is 0 Å². The summed E-state index contributed by atoms with van der Waals surface area (Å²) in [6, 6.07) is 9.57. The SMILES string of the molecule is COc1ccc([N+](=O)[O-])cc1C(=O)OCCCc1cccc(C)n1. The summed E-state index contributed by atoms with van der Waals surface area (Å²) < 4.78 is 10.2. The van der Waals surface area contributed by atoms with Crippen molar-refractivity contribution in [2.75, 3.05) is 13.7 Å². The highest BCUT2D eigenvalue weighted by Gasteiger charge is 2.18. The van der Waals surface area contributed by atoms with Gasteiger partial charge in [-0.15, -0.1) is 0 Å². The number of nitro benzene ring substituents is 1. The van der Waals surface area contributed by atoms with Crippen LogP contribution < -0.4 is 4.74 Å². The summed E-state index contributed by atoms with van der Waals surface area (Å²) in [5.74, 6) is -0.404. The van der Waals surface area contributed by atoms with Crippen molar-refractivity contribution >= 4 is 11.7 Å². The molecule has 0 atom stereocenters. The molecule has 0 radical (unpaired) electrons. The van der Waals surface area contributed by atoms with Crippen LogP contribution in [0.4, 0.5) is 5.69 Å². The fourth-order valence-electron chi connectivity index (χ4n) is 2.20. The van der Waals surface area contributed by atoms with Crippen LogP contribution in [0.2, 0.25) is 0 Å². The third kappa shape index (κ3) is 4.52. The van der Waals surface area contributed by atoms with Gasteiger partial charge in [0.15, 0.2) is 0 Å². The summed E-state index contributed by atoms with van der Waals surface area (Å²) in [7, 11) is 1.39. The molecule has 0 unspecified atom stereocenters. The number of carbonyl (C=O) groups excluding carboxylic acids is 1. The second kappa shape index (κ2) is 8.05. The highest BCUT2D eigenvalue weighted by Crippen LogP contribution is 2.24. The molecule has 0 amide bonds. The summed E-state index contributed by atoms with van der Waals surface area (Å²) in [4.78, 5) is 26.8. The van der Waals surface area contributed by atoms with Gasteiger partial charge in [0.25, 0.3) is 5.69 Å². The smallest absolute Gasteiger partial charge is 0.342 e. The number of non-ortho nitro benzene ring substituents is 1. The van der Waals surface area contributed by atoms with E-state index in [4.69, 9.17) is 9.47 Å². The molecule has 0 fully saturated rings. The van der Waals surface area contributed by atoms with E-state index in [1.807, 2.05) is 25.1 Å². The maximum atomic E-state index is 12.1. The summed E-state index contributed by atoms with van der Waals surface area (Å²) in [5, 5.41) is 10.8. The number of benzene rings is 1. The molecule has 0 spiro atoms. The minimum Gasteiger partial charge on any atom is -0.496 e. The van der Waals surface area contributed by atoms with Gasteiger partial charge in [-0.25, -0.2) is 4.79 Å². The van der Waals surface area contributed by atoms with E-state index in [0.717, 1.165) is 17.5 Å². The first-order valence-electron chi connectivity index (χ1n) is 7.43. The molecule has 1 heterocycles. The number of methoxy groups -OCH3 is 1. The number of aromatic nitrogens is 1. The van der Waals surface area contributed by atoms with Gasteiger partial charge in [0.2, 0.25) is 0 Å². The zero-order valence-electron chi connectivity index (χ0n) is 13.5.